The second kappa shape index (κ2) is 15.9. The molecule has 3 aliphatic rings. The monoisotopic (exact) mass is 904 g/mol. The number of nitrogens with zero attached hydrogens (tertiary/aromatic N) is 6. The molecule has 0 amide bonds. The van der Waals surface area contributed by atoms with Crippen molar-refractivity contribution < 1.29 is 4.74 Å². The third-order valence-electron chi connectivity index (χ3n) is 14.5. The standard InChI is InChI=1S/C63H48N6O/c1-62(2)47-17-5-9-21-51(47)67(52-22-10-6-18-48(52)62)44-35-29-41(30-36-44)59-64-60(42-31-37-45(38-32-42)68-53-23-11-7-19-49(53)63(3,4)50-20-8-12-24-54(50)68)66-61(65-59)43-33-39-46(40-34-43)69-55-25-13-15-27-57(55)70-58-28-16-14-26-56(58)69/h5-40H,1-4H3. The van der Waals surface area contributed by atoms with Crippen LogP contribution in [0.3, 0.4) is 0 Å². The largest absolute Gasteiger partial charge is 0.453 e. The third kappa shape index (κ3) is 6.53. The Labute approximate surface area is 408 Å². The van der Waals surface area contributed by atoms with Crippen molar-refractivity contribution in [2.45, 2.75) is 38.5 Å². The van der Waals surface area contributed by atoms with Crippen molar-refractivity contribution in [3.8, 4) is 45.7 Å². The van der Waals surface area contributed by atoms with E-state index in [1.165, 1.54) is 45.0 Å². The molecule has 7 nitrogen and oxygen atoms in total. The Morgan fingerprint density at radius 2 is 0.529 bits per heavy atom. The van der Waals surface area contributed by atoms with Gasteiger partial charge < -0.3 is 19.4 Å². The molecule has 70 heavy (non-hydrogen) atoms. The van der Waals surface area contributed by atoms with Gasteiger partial charge in [-0.2, -0.15) is 0 Å². The zero-order chi connectivity index (χ0) is 47.1. The maximum Gasteiger partial charge on any atom is 0.164 e. The van der Waals surface area contributed by atoms with Crippen LogP contribution in [0, 0.1) is 0 Å². The second-order valence-corrected chi connectivity index (χ2v) is 19.3. The Kier molecular flexibility index (Phi) is 9.40. The van der Waals surface area contributed by atoms with Crippen molar-refractivity contribution in [1.82, 2.24) is 15.0 Å². The highest BCUT2D eigenvalue weighted by Gasteiger charge is 2.38. The molecule has 0 unspecified atom stereocenters. The van der Waals surface area contributed by atoms with Crippen LogP contribution < -0.4 is 19.4 Å². The molecule has 3 aliphatic heterocycles. The number of fused-ring (bicyclic) bond motifs is 6. The molecule has 0 atom stereocenters. The fraction of sp³-hybridized carbons (Fsp3) is 0.0952. The first-order valence-corrected chi connectivity index (χ1v) is 23.9. The van der Waals surface area contributed by atoms with Crippen molar-refractivity contribution in [1.29, 1.82) is 0 Å². The Bertz CT molecular complexity index is 3340. The van der Waals surface area contributed by atoms with Crippen LogP contribution in [0.4, 0.5) is 51.2 Å². The van der Waals surface area contributed by atoms with Crippen molar-refractivity contribution >= 4 is 51.2 Å². The molecular weight excluding hydrogens is 857 g/mol. The molecule has 1 aromatic heterocycles. The van der Waals surface area contributed by atoms with E-state index in [-0.39, 0.29) is 10.8 Å². The van der Waals surface area contributed by atoms with Crippen LogP contribution in [-0.2, 0) is 10.8 Å². The van der Waals surface area contributed by atoms with Crippen molar-refractivity contribution in [3.63, 3.8) is 0 Å². The van der Waals surface area contributed by atoms with Gasteiger partial charge in [-0.1, -0.05) is 125 Å². The van der Waals surface area contributed by atoms with Crippen LogP contribution in [0.25, 0.3) is 34.2 Å². The average Bonchev–Trinajstić information content (AvgIpc) is 3.41. The maximum atomic E-state index is 6.32. The normalized spacial score (nSPS) is 14.5. The topological polar surface area (TPSA) is 57.6 Å². The van der Waals surface area contributed by atoms with Crippen LogP contribution in [0.2, 0.25) is 0 Å². The maximum absolute atomic E-state index is 6.32. The van der Waals surface area contributed by atoms with Crippen molar-refractivity contribution in [2.75, 3.05) is 14.7 Å². The highest BCUT2D eigenvalue weighted by Crippen LogP contribution is 2.54. The van der Waals surface area contributed by atoms with Crippen LogP contribution in [0.15, 0.2) is 218 Å². The molecule has 4 heterocycles. The van der Waals surface area contributed by atoms with E-state index in [1.54, 1.807) is 0 Å². The minimum absolute atomic E-state index is 0.144. The number of anilines is 9. The van der Waals surface area contributed by atoms with Gasteiger partial charge in [0.25, 0.3) is 0 Å². The van der Waals surface area contributed by atoms with E-state index >= 15 is 0 Å². The van der Waals surface area contributed by atoms with Crippen molar-refractivity contribution in [2.24, 2.45) is 0 Å². The summed E-state index contributed by atoms with van der Waals surface area (Å²) in [6.45, 7) is 9.26. The van der Waals surface area contributed by atoms with Crippen LogP contribution in [-0.4, -0.2) is 15.0 Å². The number of para-hydroxylation sites is 8. The summed E-state index contributed by atoms with van der Waals surface area (Å²) in [6.07, 6.45) is 0. The summed E-state index contributed by atoms with van der Waals surface area (Å²) >= 11 is 0. The predicted octanol–water partition coefficient (Wildman–Crippen LogP) is 16.7. The highest BCUT2D eigenvalue weighted by molar-refractivity contribution is 5.89. The molecule has 0 saturated heterocycles. The zero-order valence-electron chi connectivity index (χ0n) is 39.4. The van der Waals surface area contributed by atoms with Gasteiger partial charge in [-0.25, -0.2) is 15.0 Å². The Hall–Kier alpha value is -8.81. The minimum atomic E-state index is -0.144. The van der Waals surface area contributed by atoms with Crippen molar-refractivity contribution in [3.05, 3.63) is 241 Å². The molecule has 0 fully saturated rings. The molecule has 0 bridgehead atoms. The smallest absolute Gasteiger partial charge is 0.164 e. The van der Waals surface area contributed by atoms with Gasteiger partial charge in [-0.05, 0) is 144 Å². The van der Waals surface area contributed by atoms with Crippen LogP contribution in [0.1, 0.15) is 49.9 Å². The Morgan fingerprint density at radius 3 is 0.829 bits per heavy atom. The van der Waals surface area contributed by atoms with E-state index in [1.807, 2.05) is 36.4 Å². The second-order valence-electron chi connectivity index (χ2n) is 19.3. The number of hydrogen-bond acceptors (Lipinski definition) is 7. The molecule has 0 spiro atoms. The first kappa shape index (κ1) is 41.4. The van der Waals surface area contributed by atoms with Gasteiger partial charge in [0.15, 0.2) is 29.0 Å². The fourth-order valence-electron chi connectivity index (χ4n) is 10.9. The lowest BCUT2D eigenvalue weighted by Gasteiger charge is -2.42. The minimum Gasteiger partial charge on any atom is -0.453 e. The van der Waals surface area contributed by atoms with E-state index in [4.69, 9.17) is 19.7 Å². The van der Waals surface area contributed by atoms with Gasteiger partial charge in [0, 0.05) is 44.6 Å². The molecule has 10 aromatic rings. The predicted molar refractivity (Wildman–Crippen MR) is 285 cm³/mol. The molecule has 13 rings (SSSR count). The summed E-state index contributed by atoms with van der Waals surface area (Å²) in [5, 5.41) is 0. The Balaban J connectivity index is 0.908. The summed E-state index contributed by atoms with van der Waals surface area (Å²) in [5.74, 6) is 3.40. The molecule has 0 radical (unpaired) electrons. The third-order valence-corrected chi connectivity index (χ3v) is 14.5. The van der Waals surface area contributed by atoms with E-state index in [0.717, 1.165) is 56.6 Å². The zero-order valence-corrected chi connectivity index (χ0v) is 39.4. The van der Waals surface area contributed by atoms with E-state index < -0.39 is 0 Å². The molecule has 9 aromatic carbocycles. The van der Waals surface area contributed by atoms with Gasteiger partial charge >= 0.3 is 0 Å². The number of hydrogen-bond donors (Lipinski definition) is 0. The van der Waals surface area contributed by atoms with E-state index in [0.29, 0.717) is 17.5 Å². The van der Waals surface area contributed by atoms with Crippen LogP contribution in [0.5, 0.6) is 11.5 Å². The summed E-state index contributed by atoms with van der Waals surface area (Å²) < 4.78 is 6.32. The molecule has 0 aliphatic carbocycles. The molecule has 0 N–H and O–H groups in total. The summed E-state index contributed by atoms with van der Waals surface area (Å²) in [5.41, 5.74) is 17.4. The molecule has 7 heteroatoms. The first-order chi connectivity index (χ1) is 34.2. The fourth-order valence-corrected chi connectivity index (χ4v) is 10.9. The lowest BCUT2D eigenvalue weighted by Crippen LogP contribution is -2.30. The summed E-state index contributed by atoms with van der Waals surface area (Å²) in [4.78, 5) is 22.7. The number of aromatic nitrogens is 3. The quantitative estimate of drug-likeness (QED) is 0.165. The Morgan fingerprint density at radius 1 is 0.286 bits per heavy atom. The lowest BCUT2D eigenvalue weighted by atomic mass is 9.73. The molecular formula is C63H48N6O. The first-order valence-electron chi connectivity index (χ1n) is 23.9. The molecule has 336 valence electrons. The van der Waals surface area contributed by atoms with E-state index in [2.05, 4.69) is 224 Å². The number of ether oxygens (including phenoxy) is 1. The van der Waals surface area contributed by atoms with Gasteiger partial charge in [0.2, 0.25) is 0 Å². The van der Waals surface area contributed by atoms with Crippen LogP contribution >= 0.6 is 0 Å². The lowest BCUT2D eigenvalue weighted by molar-refractivity contribution is 0.477. The molecule has 0 saturated carbocycles. The summed E-state index contributed by atoms with van der Waals surface area (Å²) in [7, 11) is 0. The highest BCUT2D eigenvalue weighted by atomic mass is 16.5. The number of rotatable bonds is 6. The van der Waals surface area contributed by atoms with Gasteiger partial charge in [0.05, 0.1) is 34.1 Å². The van der Waals surface area contributed by atoms with Gasteiger partial charge in [-0.15, -0.1) is 0 Å². The average molecular weight is 905 g/mol. The summed E-state index contributed by atoms with van der Waals surface area (Å²) in [6, 6.07) is 77.0. The SMILES string of the molecule is CC1(C)c2ccccc2N(c2ccc(-c3nc(-c4ccc(N5c6ccccc6Oc6ccccc65)cc4)nc(-c4ccc(N5c6ccccc6C(C)(C)c6ccccc65)cc4)n3)cc2)c2ccccc21. The van der Waals surface area contributed by atoms with E-state index in [9.17, 15) is 0 Å². The number of benzene rings is 9. The van der Waals surface area contributed by atoms with Gasteiger partial charge in [0.1, 0.15) is 0 Å². The van der Waals surface area contributed by atoms with Gasteiger partial charge in [-0.3, -0.25) is 0 Å².